The molecule has 0 aliphatic heterocycles. The first-order valence-corrected chi connectivity index (χ1v) is 3.52. The second kappa shape index (κ2) is 6.35. The van der Waals surface area contributed by atoms with E-state index in [0.717, 1.165) is 21.3 Å². The first-order valence-electron chi connectivity index (χ1n) is 2.10. The van der Waals surface area contributed by atoms with E-state index in [1.165, 1.54) is 0 Å². The molecule has 0 unspecified atom stereocenters. The SMILES string of the molecule is COCPCOC. The Morgan fingerprint density at radius 3 is 1.86 bits per heavy atom. The summed E-state index contributed by atoms with van der Waals surface area (Å²) < 4.78 is 9.55. The van der Waals surface area contributed by atoms with Crippen LogP contribution in [0.2, 0.25) is 0 Å². The molecular weight excluding hydrogens is 111 g/mol. The number of ether oxygens (including phenoxy) is 2. The molecular formula is C4H11O2P. The van der Waals surface area contributed by atoms with Gasteiger partial charge in [0.05, 0.1) is 12.7 Å². The molecule has 0 aromatic heterocycles. The van der Waals surface area contributed by atoms with Gasteiger partial charge in [-0.2, -0.15) is 0 Å². The molecule has 44 valence electrons. The fraction of sp³-hybridized carbons (Fsp3) is 1.00. The number of methoxy groups -OCH3 is 2. The molecule has 0 saturated carbocycles. The van der Waals surface area contributed by atoms with E-state index in [1.807, 2.05) is 0 Å². The van der Waals surface area contributed by atoms with E-state index in [1.54, 1.807) is 14.2 Å². The summed E-state index contributed by atoms with van der Waals surface area (Å²) in [5, 5.41) is 0. The summed E-state index contributed by atoms with van der Waals surface area (Å²) >= 11 is 0. The molecule has 7 heavy (non-hydrogen) atoms. The van der Waals surface area contributed by atoms with E-state index >= 15 is 0 Å². The Morgan fingerprint density at radius 2 is 1.57 bits per heavy atom. The summed E-state index contributed by atoms with van der Waals surface area (Å²) in [4.78, 5) is 0. The normalized spacial score (nSPS) is 9.43. The Labute approximate surface area is 46.0 Å². The number of hydrogen-bond donors (Lipinski definition) is 0. The summed E-state index contributed by atoms with van der Waals surface area (Å²) in [6, 6.07) is 0. The summed E-state index contributed by atoms with van der Waals surface area (Å²) in [5.74, 6) is 0. The Balaban J connectivity index is 2.45. The lowest BCUT2D eigenvalue weighted by molar-refractivity contribution is 0.237. The van der Waals surface area contributed by atoms with Gasteiger partial charge in [-0.3, -0.25) is 0 Å². The maximum atomic E-state index is 4.78. The van der Waals surface area contributed by atoms with Crippen molar-refractivity contribution in [2.45, 2.75) is 0 Å². The van der Waals surface area contributed by atoms with Crippen LogP contribution in [-0.4, -0.2) is 26.9 Å². The predicted octanol–water partition coefficient (Wildman–Crippen LogP) is 0.873. The highest BCUT2D eigenvalue weighted by molar-refractivity contribution is 7.37. The average molecular weight is 122 g/mol. The lowest BCUT2D eigenvalue weighted by Crippen LogP contribution is -1.82. The quantitative estimate of drug-likeness (QED) is 0.407. The van der Waals surface area contributed by atoms with E-state index in [-0.39, 0.29) is 0 Å². The highest BCUT2D eigenvalue weighted by Gasteiger charge is 1.78. The zero-order valence-electron chi connectivity index (χ0n) is 4.73. The molecule has 0 amide bonds. The van der Waals surface area contributed by atoms with Crippen LogP contribution >= 0.6 is 8.58 Å². The maximum Gasteiger partial charge on any atom is 0.0649 e. The van der Waals surface area contributed by atoms with Gasteiger partial charge in [-0.15, -0.1) is 0 Å². The predicted molar refractivity (Wildman–Crippen MR) is 32.1 cm³/mol. The molecule has 0 rings (SSSR count). The van der Waals surface area contributed by atoms with Crippen LogP contribution in [-0.2, 0) is 9.47 Å². The van der Waals surface area contributed by atoms with Crippen molar-refractivity contribution >= 4 is 8.58 Å². The molecule has 0 spiro atoms. The lowest BCUT2D eigenvalue weighted by Gasteiger charge is -1.94. The highest BCUT2D eigenvalue weighted by atomic mass is 31.1. The van der Waals surface area contributed by atoms with Crippen LogP contribution in [0, 0.1) is 0 Å². The largest absolute Gasteiger partial charge is 0.380 e. The van der Waals surface area contributed by atoms with Crippen LogP contribution in [0.5, 0.6) is 0 Å². The summed E-state index contributed by atoms with van der Waals surface area (Å²) in [7, 11) is 4.18. The third-order valence-electron chi connectivity index (χ3n) is 0.493. The smallest absolute Gasteiger partial charge is 0.0649 e. The molecule has 0 saturated heterocycles. The molecule has 0 aromatic rings. The summed E-state index contributed by atoms with van der Waals surface area (Å²) in [6.45, 7) is 0. The molecule has 0 aromatic carbocycles. The van der Waals surface area contributed by atoms with Crippen molar-refractivity contribution in [1.82, 2.24) is 0 Å². The van der Waals surface area contributed by atoms with Gasteiger partial charge in [0.25, 0.3) is 0 Å². The third kappa shape index (κ3) is 6.35. The van der Waals surface area contributed by atoms with Crippen LogP contribution < -0.4 is 0 Å². The third-order valence-corrected chi connectivity index (χ3v) is 1.48. The summed E-state index contributed by atoms with van der Waals surface area (Å²) in [6.07, 6.45) is 1.65. The molecule has 3 heteroatoms. The monoisotopic (exact) mass is 122 g/mol. The topological polar surface area (TPSA) is 18.5 Å². The molecule has 0 fully saturated rings. The van der Waals surface area contributed by atoms with Crippen molar-refractivity contribution in [3.05, 3.63) is 0 Å². The Hall–Kier alpha value is 0.350. The van der Waals surface area contributed by atoms with Gasteiger partial charge in [0.1, 0.15) is 0 Å². The Kier molecular flexibility index (Phi) is 6.67. The van der Waals surface area contributed by atoms with Gasteiger partial charge in [0.15, 0.2) is 0 Å². The van der Waals surface area contributed by atoms with Gasteiger partial charge < -0.3 is 9.47 Å². The van der Waals surface area contributed by atoms with Crippen molar-refractivity contribution in [1.29, 1.82) is 0 Å². The Morgan fingerprint density at radius 1 is 1.14 bits per heavy atom. The average Bonchev–Trinajstić information content (AvgIpc) is 1.69. The van der Waals surface area contributed by atoms with Gasteiger partial charge in [0.2, 0.25) is 0 Å². The zero-order valence-corrected chi connectivity index (χ0v) is 5.73. The van der Waals surface area contributed by atoms with Crippen molar-refractivity contribution in [2.24, 2.45) is 0 Å². The number of rotatable bonds is 4. The first-order chi connectivity index (χ1) is 3.41. The zero-order chi connectivity index (χ0) is 5.54. The van der Waals surface area contributed by atoms with Crippen LogP contribution in [0.1, 0.15) is 0 Å². The van der Waals surface area contributed by atoms with Gasteiger partial charge in [-0.05, 0) is 0 Å². The van der Waals surface area contributed by atoms with E-state index in [9.17, 15) is 0 Å². The van der Waals surface area contributed by atoms with Gasteiger partial charge in [0, 0.05) is 14.2 Å². The molecule has 0 aliphatic rings. The minimum absolute atomic E-state index is 0.788. The van der Waals surface area contributed by atoms with Gasteiger partial charge in [-0.1, -0.05) is 8.58 Å². The first kappa shape index (κ1) is 7.35. The molecule has 0 atom stereocenters. The maximum absolute atomic E-state index is 4.78. The highest BCUT2D eigenvalue weighted by Crippen LogP contribution is 2.06. The van der Waals surface area contributed by atoms with Crippen LogP contribution in [0.3, 0.4) is 0 Å². The minimum Gasteiger partial charge on any atom is -0.380 e. The van der Waals surface area contributed by atoms with Crippen LogP contribution in [0.25, 0.3) is 0 Å². The van der Waals surface area contributed by atoms with Crippen molar-refractivity contribution in [2.75, 3.05) is 26.9 Å². The van der Waals surface area contributed by atoms with E-state index < -0.39 is 0 Å². The van der Waals surface area contributed by atoms with Crippen LogP contribution in [0.15, 0.2) is 0 Å². The number of hydrogen-bond acceptors (Lipinski definition) is 2. The van der Waals surface area contributed by atoms with E-state index in [4.69, 9.17) is 9.47 Å². The standard InChI is InChI=1S/C4H11O2P/c1-5-3-7-4-6-2/h7H,3-4H2,1-2H3. The van der Waals surface area contributed by atoms with Crippen molar-refractivity contribution in [3.63, 3.8) is 0 Å². The molecule has 0 radical (unpaired) electrons. The second-order valence-corrected chi connectivity index (χ2v) is 2.19. The fourth-order valence-corrected chi connectivity index (χ4v) is 0.737. The van der Waals surface area contributed by atoms with Crippen molar-refractivity contribution < 1.29 is 9.47 Å². The second-order valence-electron chi connectivity index (χ2n) is 1.12. The molecule has 0 heterocycles. The van der Waals surface area contributed by atoms with Crippen LogP contribution in [0.4, 0.5) is 0 Å². The molecule has 0 N–H and O–H groups in total. The Bertz CT molecular complexity index is 28.9. The molecule has 2 nitrogen and oxygen atoms in total. The van der Waals surface area contributed by atoms with E-state index in [2.05, 4.69) is 0 Å². The van der Waals surface area contributed by atoms with E-state index in [0.29, 0.717) is 0 Å². The fourth-order valence-electron chi connectivity index (χ4n) is 0.246. The summed E-state index contributed by atoms with van der Waals surface area (Å²) in [5.41, 5.74) is 0. The molecule has 0 aliphatic carbocycles. The van der Waals surface area contributed by atoms with Crippen molar-refractivity contribution in [3.8, 4) is 0 Å². The van der Waals surface area contributed by atoms with Gasteiger partial charge >= 0.3 is 0 Å². The minimum atomic E-state index is 0.788. The lowest BCUT2D eigenvalue weighted by atomic mass is 11.5. The van der Waals surface area contributed by atoms with Gasteiger partial charge in [-0.25, -0.2) is 0 Å². The molecule has 0 bridgehead atoms.